The van der Waals surface area contributed by atoms with Crippen LogP contribution in [0.2, 0.25) is 0 Å². The van der Waals surface area contributed by atoms with E-state index in [2.05, 4.69) is 19.9 Å². The van der Waals surface area contributed by atoms with Gasteiger partial charge in [0.2, 0.25) is 0 Å². The van der Waals surface area contributed by atoms with Crippen LogP contribution in [0.1, 0.15) is 51.5 Å². The summed E-state index contributed by atoms with van der Waals surface area (Å²) in [6.45, 7) is 4.23. The minimum Gasteiger partial charge on any atom is -0.496 e. The zero-order chi connectivity index (χ0) is 23.5. The van der Waals surface area contributed by atoms with Crippen molar-refractivity contribution in [1.29, 1.82) is 0 Å². The number of fused-ring (bicyclic) bond motifs is 1. The maximum Gasteiger partial charge on any atom is 0.189 e. The van der Waals surface area contributed by atoms with E-state index in [1.54, 1.807) is 28.4 Å². The monoisotopic (exact) mass is 460 g/mol. The van der Waals surface area contributed by atoms with Crippen molar-refractivity contribution in [1.82, 2.24) is 0 Å². The summed E-state index contributed by atoms with van der Waals surface area (Å²) in [7, 11) is 6.61. The van der Waals surface area contributed by atoms with Gasteiger partial charge in [0.05, 0.1) is 39.2 Å². The Balaban J connectivity index is 2.20. The van der Waals surface area contributed by atoms with Crippen molar-refractivity contribution < 1.29 is 23.7 Å². The fourth-order valence-corrected chi connectivity index (χ4v) is 4.53. The lowest BCUT2D eigenvalue weighted by molar-refractivity contribution is -0.111. The van der Waals surface area contributed by atoms with Gasteiger partial charge in [-0.15, -0.1) is 0 Å². The summed E-state index contributed by atoms with van der Waals surface area (Å²) in [6, 6.07) is 5.76. The number of carbonyl (C=O) groups is 1. The van der Waals surface area contributed by atoms with Crippen molar-refractivity contribution >= 4 is 27.6 Å². The highest BCUT2D eigenvalue weighted by Gasteiger charge is 2.20. The van der Waals surface area contributed by atoms with Gasteiger partial charge in [0.15, 0.2) is 5.12 Å². The van der Waals surface area contributed by atoms with Gasteiger partial charge in [-0.1, -0.05) is 43.2 Å². The molecule has 0 radical (unpaired) electrons. The first kappa shape index (κ1) is 25.9. The molecule has 176 valence electrons. The van der Waals surface area contributed by atoms with Crippen molar-refractivity contribution in [2.45, 2.75) is 52.4 Å². The van der Waals surface area contributed by atoms with Gasteiger partial charge in [-0.3, -0.25) is 4.79 Å². The van der Waals surface area contributed by atoms with Crippen LogP contribution in [0.25, 0.3) is 10.8 Å². The normalized spacial score (nSPS) is 11.5. The Morgan fingerprint density at radius 3 is 2.19 bits per heavy atom. The van der Waals surface area contributed by atoms with Crippen molar-refractivity contribution in [2.75, 3.05) is 34.2 Å². The van der Waals surface area contributed by atoms with Crippen LogP contribution in [0.5, 0.6) is 23.0 Å². The highest BCUT2D eigenvalue weighted by molar-refractivity contribution is 8.13. The standard InChI is InChI=1S/C26H36O5S/c1-7-8-9-13-23(27)32-17-18(2)11-10-12-19-16-22(30-5)24-20(28-3)14-15-21(29-4)25(24)26(19)31-6/h11,14-16H,7-10,12-13,17H2,1-6H3. The highest BCUT2D eigenvalue weighted by atomic mass is 32.2. The van der Waals surface area contributed by atoms with E-state index in [-0.39, 0.29) is 5.12 Å². The average molecular weight is 461 g/mol. The van der Waals surface area contributed by atoms with Gasteiger partial charge in [-0.2, -0.15) is 0 Å². The zero-order valence-electron chi connectivity index (χ0n) is 20.2. The number of thioether (sulfide) groups is 1. The van der Waals surface area contributed by atoms with Crippen LogP contribution in [0.15, 0.2) is 29.8 Å². The predicted octanol–water partition coefficient (Wildman–Crippen LogP) is 6.59. The molecule has 0 saturated carbocycles. The van der Waals surface area contributed by atoms with Crippen LogP contribution in [0.3, 0.4) is 0 Å². The van der Waals surface area contributed by atoms with Crippen LogP contribution < -0.4 is 18.9 Å². The van der Waals surface area contributed by atoms with Gasteiger partial charge in [-0.25, -0.2) is 0 Å². The molecule has 0 atom stereocenters. The smallest absolute Gasteiger partial charge is 0.189 e. The molecule has 0 amide bonds. The average Bonchev–Trinajstić information content (AvgIpc) is 2.81. The molecule has 0 bridgehead atoms. The van der Waals surface area contributed by atoms with E-state index in [0.29, 0.717) is 17.9 Å². The number of benzene rings is 2. The van der Waals surface area contributed by atoms with E-state index in [9.17, 15) is 4.79 Å². The van der Waals surface area contributed by atoms with E-state index < -0.39 is 0 Å². The topological polar surface area (TPSA) is 54.0 Å². The lowest BCUT2D eigenvalue weighted by Crippen LogP contribution is -2.00. The molecular weight excluding hydrogens is 424 g/mol. The van der Waals surface area contributed by atoms with E-state index in [1.807, 2.05) is 18.2 Å². The molecule has 0 spiro atoms. The molecule has 0 heterocycles. The second-order valence-electron chi connectivity index (χ2n) is 7.70. The summed E-state index contributed by atoms with van der Waals surface area (Å²) >= 11 is 1.42. The minimum absolute atomic E-state index is 0.285. The summed E-state index contributed by atoms with van der Waals surface area (Å²) in [4.78, 5) is 12.0. The zero-order valence-corrected chi connectivity index (χ0v) is 21.0. The van der Waals surface area contributed by atoms with Crippen molar-refractivity contribution in [3.05, 3.63) is 35.4 Å². The minimum atomic E-state index is 0.285. The Hall–Kier alpha value is -2.34. The maximum absolute atomic E-state index is 12.0. The maximum atomic E-state index is 12.0. The van der Waals surface area contributed by atoms with Crippen LogP contribution in [-0.4, -0.2) is 39.3 Å². The molecular formula is C26H36O5S. The van der Waals surface area contributed by atoms with E-state index in [0.717, 1.165) is 65.7 Å². The first-order valence-corrected chi connectivity index (χ1v) is 12.1. The summed E-state index contributed by atoms with van der Waals surface area (Å²) in [5.41, 5.74) is 2.25. The lowest BCUT2D eigenvalue weighted by Gasteiger charge is -2.19. The molecule has 6 heteroatoms. The summed E-state index contributed by atoms with van der Waals surface area (Å²) in [5, 5.41) is 1.96. The lowest BCUT2D eigenvalue weighted by atomic mass is 9.99. The molecule has 2 aromatic carbocycles. The molecule has 32 heavy (non-hydrogen) atoms. The largest absolute Gasteiger partial charge is 0.496 e. The molecule has 0 aliphatic rings. The Labute approximate surface area is 196 Å². The first-order chi connectivity index (χ1) is 15.5. The molecule has 5 nitrogen and oxygen atoms in total. The Morgan fingerprint density at radius 1 is 0.938 bits per heavy atom. The second-order valence-corrected chi connectivity index (χ2v) is 8.73. The third-order valence-corrected chi connectivity index (χ3v) is 6.54. The summed E-state index contributed by atoms with van der Waals surface area (Å²) < 4.78 is 22.7. The van der Waals surface area contributed by atoms with Crippen LogP contribution >= 0.6 is 11.8 Å². The molecule has 0 aliphatic heterocycles. The van der Waals surface area contributed by atoms with Crippen LogP contribution in [0, 0.1) is 0 Å². The van der Waals surface area contributed by atoms with Gasteiger partial charge in [0, 0.05) is 12.2 Å². The number of rotatable bonds is 13. The molecule has 0 N–H and O–H groups in total. The summed E-state index contributed by atoms with van der Waals surface area (Å²) in [6.07, 6.45) is 7.74. The number of ether oxygens (including phenoxy) is 4. The molecule has 0 unspecified atom stereocenters. The summed E-state index contributed by atoms with van der Waals surface area (Å²) in [5.74, 6) is 3.65. The molecule has 2 aromatic rings. The molecule has 0 fully saturated rings. The number of hydrogen-bond acceptors (Lipinski definition) is 6. The number of methoxy groups -OCH3 is 4. The van der Waals surface area contributed by atoms with E-state index in [1.165, 1.54) is 17.3 Å². The predicted molar refractivity (Wildman–Crippen MR) is 134 cm³/mol. The van der Waals surface area contributed by atoms with Gasteiger partial charge in [0.1, 0.15) is 23.0 Å². The number of aryl methyl sites for hydroxylation is 1. The third-order valence-electron chi connectivity index (χ3n) is 5.41. The Morgan fingerprint density at radius 2 is 1.59 bits per heavy atom. The first-order valence-electron chi connectivity index (χ1n) is 11.1. The van der Waals surface area contributed by atoms with E-state index in [4.69, 9.17) is 18.9 Å². The number of allylic oxidation sites excluding steroid dienone is 1. The molecule has 0 aromatic heterocycles. The number of unbranched alkanes of at least 4 members (excludes halogenated alkanes) is 2. The fraction of sp³-hybridized carbons (Fsp3) is 0.500. The quantitative estimate of drug-likeness (QED) is 0.248. The van der Waals surface area contributed by atoms with Gasteiger partial charge in [0.25, 0.3) is 0 Å². The number of hydrogen-bond donors (Lipinski definition) is 0. The van der Waals surface area contributed by atoms with Gasteiger partial charge < -0.3 is 18.9 Å². The third kappa shape index (κ3) is 6.58. The van der Waals surface area contributed by atoms with Crippen molar-refractivity contribution in [2.24, 2.45) is 0 Å². The van der Waals surface area contributed by atoms with Gasteiger partial charge >= 0.3 is 0 Å². The molecule has 2 rings (SSSR count). The molecule has 0 saturated heterocycles. The van der Waals surface area contributed by atoms with Gasteiger partial charge in [-0.05, 0) is 49.9 Å². The fourth-order valence-electron chi connectivity index (χ4n) is 3.73. The van der Waals surface area contributed by atoms with Crippen molar-refractivity contribution in [3.8, 4) is 23.0 Å². The van der Waals surface area contributed by atoms with Crippen molar-refractivity contribution in [3.63, 3.8) is 0 Å². The second kappa shape index (κ2) is 13.3. The van der Waals surface area contributed by atoms with Crippen LogP contribution in [-0.2, 0) is 11.2 Å². The van der Waals surface area contributed by atoms with Crippen LogP contribution in [0.4, 0.5) is 0 Å². The van der Waals surface area contributed by atoms with E-state index >= 15 is 0 Å². The highest BCUT2D eigenvalue weighted by Crippen LogP contribution is 2.46. The SMILES string of the molecule is CCCCCC(=O)SCC(C)=CCCc1cc(OC)c2c(OC)ccc(OC)c2c1OC. The Kier molecular flexibility index (Phi) is 10.7. The molecule has 0 aliphatic carbocycles. The Bertz CT molecular complexity index is 936. The number of carbonyl (C=O) groups excluding carboxylic acids is 1.